The van der Waals surface area contributed by atoms with Crippen LogP contribution in [0.25, 0.3) is 5.70 Å². The van der Waals surface area contributed by atoms with Gasteiger partial charge < -0.3 is 5.43 Å². The lowest BCUT2D eigenvalue weighted by atomic mass is 9.83. The summed E-state index contributed by atoms with van der Waals surface area (Å²) in [6.45, 7) is 13.6. The van der Waals surface area contributed by atoms with Gasteiger partial charge in [0, 0.05) is 29.7 Å². The normalized spacial score (nSPS) is 24.3. The molecule has 0 saturated carbocycles. The van der Waals surface area contributed by atoms with Crippen molar-refractivity contribution in [1.29, 1.82) is 0 Å². The minimum absolute atomic E-state index is 0.0900. The van der Waals surface area contributed by atoms with E-state index in [1.54, 1.807) is 0 Å². The number of aryl methyl sites for hydroxylation is 1. The quantitative estimate of drug-likeness (QED) is 0.458. The molecule has 2 aliphatic rings. The lowest BCUT2D eigenvalue weighted by Crippen LogP contribution is -2.44. The number of aliphatic imine (C=N–C) groups is 1. The lowest BCUT2D eigenvalue weighted by molar-refractivity contribution is 0.180. The molecule has 0 amide bonds. The van der Waals surface area contributed by atoms with Crippen LogP contribution in [0.15, 0.2) is 65.4 Å². The first-order valence-electron chi connectivity index (χ1n) is 13.9. The molecular formula is C32H44N4. The maximum absolute atomic E-state index is 5.26. The molecule has 4 rings (SSSR count). The third kappa shape index (κ3) is 5.44. The number of nitrogens with one attached hydrogen (secondary N) is 2. The molecule has 4 heteroatoms. The van der Waals surface area contributed by atoms with E-state index in [1.165, 1.54) is 33.5 Å². The van der Waals surface area contributed by atoms with Crippen molar-refractivity contribution in [2.45, 2.75) is 85.6 Å². The zero-order valence-electron chi connectivity index (χ0n) is 23.0. The average molecular weight is 485 g/mol. The maximum Gasteiger partial charge on any atom is 0.0784 e. The van der Waals surface area contributed by atoms with Gasteiger partial charge in [0.1, 0.15) is 0 Å². The van der Waals surface area contributed by atoms with Crippen molar-refractivity contribution in [1.82, 2.24) is 16.0 Å². The maximum atomic E-state index is 5.26. The summed E-state index contributed by atoms with van der Waals surface area (Å²) in [5, 5.41) is 2.37. The molecule has 2 aliphatic heterocycles. The van der Waals surface area contributed by atoms with E-state index < -0.39 is 0 Å². The molecule has 192 valence electrons. The van der Waals surface area contributed by atoms with Crippen LogP contribution in [0.1, 0.15) is 93.5 Å². The van der Waals surface area contributed by atoms with E-state index in [-0.39, 0.29) is 5.92 Å². The predicted octanol–water partition coefficient (Wildman–Crippen LogP) is 7.66. The van der Waals surface area contributed by atoms with Crippen LogP contribution in [0.3, 0.4) is 0 Å². The molecule has 4 atom stereocenters. The molecule has 36 heavy (non-hydrogen) atoms. The second-order valence-corrected chi connectivity index (χ2v) is 10.6. The van der Waals surface area contributed by atoms with Gasteiger partial charge in [-0.1, -0.05) is 76.1 Å². The highest BCUT2D eigenvalue weighted by molar-refractivity contribution is 5.67. The van der Waals surface area contributed by atoms with Crippen LogP contribution in [0.5, 0.6) is 0 Å². The number of allylic oxidation sites excluding steroid dienone is 2. The largest absolute Gasteiger partial charge is 0.309 e. The molecule has 0 aromatic heterocycles. The summed E-state index contributed by atoms with van der Waals surface area (Å²) in [7, 11) is 0. The molecule has 0 aliphatic carbocycles. The van der Waals surface area contributed by atoms with Crippen molar-refractivity contribution >= 4 is 11.9 Å². The summed E-state index contributed by atoms with van der Waals surface area (Å²) < 4.78 is 0. The summed E-state index contributed by atoms with van der Waals surface area (Å²) in [4.78, 5) is 5.26. The van der Waals surface area contributed by atoms with E-state index in [0.29, 0.717) is 17.9 Å². The molecule has 2 N–H and O–H groups in total. The smallest absolute Gasteiger partial charge is 0.0784 e. The molecule has 2 heterocycles. The Balaban J connectivity index is 1.90. The van der Waals surface area contributed by atoms with E-state index >= 15 is 0 Å². The molecule has 2 bridgehead atoms. The van der Waals surface area contributed by atoms with Gasteiger partial charge in [0.2, 0.25) is 0 Å². The third-order valence-electron chi connectivity index (χ3n) is 8.33. The van der Waals surface area contributed by atoms with E-state index in [2.05, 4.69) is 118 Å². The Morgan fingerprint density at radius 1 is 1.11 bits per heavy atom. The summed E-state index contributed by atoms with van der Waals surface area (Å²) in [5.41, 5.74) is 15.6. The number of fused-ring (bicyclic) bond motifs is 4. The standard InChI is InChI=1S/C32H44N4/c1-7-12-28-18-17-27(22(4)8-2)20-33-30(9-3)32(29-16-10-13-23(5)24(29)6)26-15-11-14-25(19-26)31-21-34-35-36(28)31/h9-11,13-16,19-22,27-28,32,34-35H,7-8,12,17-18H2,1-6H3/b30-9-,33-20?. The Kier molecular flexibility index (Phi) is 8.68. The predicted molar refractivity (Wildman–Crippen MR) is 153 cm³/mol. The van der Waals surface area contributed by atoms with Gasteiger partial charge in [0.05, 0.1) is 11.6 Å². The Bertz CT molecular complexity index is 1130. The molecule has 0 radical (unpaired) electrons. The van der Waals surface area contributed by atoms with E-state index in [0.717, 1.165) is 37.8 Å². The summed E-state index contributed by atoms with van der Waals surface area (Å²) in [5.74, 6) is 1.14. The van der Waals surface area contributed by atoms with Crippen LogP contribution in [0.2, 0.25) is 0 Å². The van der Waals surface area contributed by atoms with Gasteiger partial charge in [-0.3, -0.25) is 10.0 Å². The van der Waals surface area contributed by atoms with Crippen LogP contribution < -0.4 is 11.0 Å². The minimum Gasteiger partial charge on any atom is -0.309 e. The van der Waals surface area contributed by atoms with Crippen LogP contribution >= 0.6 is 0 Å². The Hall–Kier alpha value is -2.85. The molecule has 4 unspecified atom stereocenters. The number of nitrogens with zero attached hydrogens (tertiary/aromatic N) is 2. The molecule has 4 nitrogen and oxygen atoms in total. The van der Waals surface area contributed by atoms with Gasteiger partial charge in [0.15, 0.2) is 0 Å². The highest BCUT2D eigenvalue weighted by Gasteiger charge is 2.28. The van der Waals surface area contributed by atoms with Gasteiger partial charge in [-0.05, 0) is 80.2 Å². The highest BCUT2D eigenvalue weighted by atomic mass is 15.7. The molecule has 0 spiro atoms. The van der Waals surface area contributed by atoms with Gasteiger partial charge in [-0.25, -0.2) is 0 Å². The van der Waals surface area contributed by atoms with Gasteiger partial charge in [-0.2, -0.15) is 0 Å². The van der Waals surface area contributed by atoms with Crippen molar-refractivity contribution < 1.29 is 0 Å². The minimum atomic E-state index is 0.0900. The van der Waals surface area contributed by atoms with E-state index in [1.807, 2.05) is 0 Å². The monoisotopic (exact) mass is 484 g/mol. The van der Waals surface area contributed by atoms with Gasteiger partial charge >= 0.3 is 0 Å². The first-order chi connectivity index (χ1) is 17.5. The van der Waals surface area contributed by atoms with Crippen molar-refractivity contribution in [2.75, 3.05) is 0 Å². The van der Waals surface area contributed by atoms with E-state index in [9.17, 15) is 0 Å². The highest BCUT2D eigenvalue weighted by Crippen LogP contribution is 2.38. The van der Waals surface area contributed by atoms with Crippen molar-refractivity contribution in [2.24, 2.45) is 16.8 Å². The SMILES string of the molecule is C/C=C1\N=CC(C(C)CC)CCC(CCC)N2NNC=C2c2cccc(c2)C1c1cccc(C)c1C. The lowest BCUT2D eigenvalue weighted by Gasteiger charge is -2.32. The topological polar surface area (TPSA) is 39.7 Å². The van der Waals surface area contributed by atoms with Crippen LogP contribution in [0.4, 0.5) is 0 Å². The van der Waals surface area contributed by atoms with Crippen molar-refractivity contribution in [3.63, 3.8) is 0 Å². The first kappa shape index (κ1) is 26.2. The molecule has 0 saturated heterocycles. The van der Waals surface area contributed by atoms with Crippen LogP contribution in [-0.2, 0) is 0 Å². The van der Waals surface area contributed by atoms with Gasteiger partial charge in [-0.15, -0.1) is 5.53 Å². The average Bonchev–Trinajstić information content (AvgIpc) is 3.38. The number of hydrogen-bond acceptors (Lipinski definition) is 4. The molecule has 2 aromatic carbocycles. The van der Waals surface area contributed by atoms with Crippen LogP contribution in [0, 0.1) is 25.7 Å². The van der Waals surface area contributed by atoms with Gasteiger partial charge in [0.25, 0.3) is 0 Å². The fourth-order valence-corrected chi connectivity index (χ4v) is 5.71. The summed E-state index contributed by atoms with van der Waals surface area (Å²) >= 11 is 0. The zero-order chi connectivity index (χ0) is 25.7. The van der Waals surface area contributed by atoms with Crippen LogP contribution in [-0.4, -0.2) is 17.3 Å². The molecular weight excluding hydrogens is 440 g/mol. The number of hydrogen-bond donors (Lipinski definition) is 2. The fourth-order valence-electron chi connectivity index (χ4n) is 5.71. The molecule has 2 aromatic rings. The summed E-state index contributed by atoms with van der Waals surface area (Å²) in [6.07, 6.45) is 12.4. The Morgan fingerprint density at radius 2 is 1.92 bits per heavy atom. The third-order valence-corrected chi connectivity index (χ3v) is 8.33. The molecule has 0 fully saturated rings. The second-order valence-electron chi connectivity index (χ2n) is 10.6. The Morgan fingerprint density at radius 3 is 2.67 bits per heavy atom. The van der Waals surface area contributed by atoms with Crippen molar-refractivity contribution in [3.05, 3.63) is 88.3 Å². The number of rotatable bonds is 5. The number of benzene rings is 2. The Labute approximate surface area is 218 Å². The zero-order valence-corrected chi connectivity index (χ0v) is 23.0. The fraction of sp³-hybridized carbons (Fsp3) is 0.469. The number of hydrazine groups is 2. The summed E-state index contributed by atoms with van der Waals surface area (Å²) in [6, 6.07) is 16.2. The van der Waals surface area contributed by atoms with Crippen molar-refractivity contribution in [3.8, 4) is 0 Å². The van der Waals surface area contributed by atoms with E-state index in [4.69, 9.17) is 4.99 Å². The second kappa shape index (κ2) is 11.9. The first-order valence-corrected chi connectivity index (χ1v) is 13.9.